The Kier molecular flexibility index (Phi) is 8.46. The Bertz CT molecular complexity index is 390. The molecule has 0 N–H and O–H groups in total. The minimum absolute atomic E-state index is 1.20. The average Bonchev–Trinajstić information content (AvgIpc) is 2.39. The van der Waals surface area contributed by atoms with Crippen molar-refractivity contribution in [2.75, 3.05) is 23.9 Å². The summed E-state index contributed by atoms with van der Waals surface area (Å²) in [4.78, 5) is 4.28. The van der Waals surface area contributed by atoms with Gasteiger partial charge in [0.25, 0.3) is 0 Å². The smallest absolute Gasteiger partial charge is 0.0404 e. The van der Waals surface area contributed by atoms with E-state index in [-0.39, 0.29) is 0 Å². The quantitative estimate of drug-likeness (QED) is 0.722. The Morgan fingerprint density at radius 1 is 0.700 bits per heavy atom. The lowest BCUT2D eigenvalue weighted by Gasteiger charge is -2.19. The number of allylic oxidation sites excluding steroid dienone is 2. The number of hydrogen-bond acceptors (Lipinski definition) is 2. The van der Waals surface area contributed by atoms with Crippen molar-refractivity contribution in [1.29, 1.82) is 0 Å². The van der Waals surface area contributed by atoms with Crippen LogP contribution in [0.3, 0.4) is 0 Å². The average molecular weight is 274 g/mol. The van der Waals surface area contributed by atoms with Crippen LogP contribution in [0.5, 0.6) is 0 Å². The molecule has 1 aromatic carbocycles. The van der Waals surface area contributed by atoms with Gasteiger partial charge in [0.2, 0.25) is 0 Å². The van der Waals surface area contributed by atoms with Crippen molar-refractivity contribution in [3.05, 3.63) is 47.8 Å². The van der Waals surface area contributed by atoms with E-state index in [2.05, 4.69) is 88.3 Å². The fraction of sp³-hybridized carbons (Fsp3) is 0.444. The minimum atomic E-state index is 1.20. The molecular weight excluding hydrogens is 244 g/mol. The van der Waals surface area contributed by atoms with Crippen molar-refractivity contribution in [3.8, 4) is 0 Å². The Labute approximate surface area is 125 Å². The molecule has 0 radical (unpaired) electrons. The lowest BCUT2D eigenvalue weighted by atomic mass is 10.2. The molecule has 0 atom stereocenters. The van der Waals surface area contributed by atoms with Crippen molar-refractivity contribution in [2.24, 2.45) is 0 Å². The maximum Gasteiger partial charge on any atom is 0.0404 e. The molecule has 1 aromatic rings. The van der Waals surface area contributed by atoms with Crippen LogP contribution in [0.15, 0.2) is 47.8 Å². The first kappa shape index (κ1) is 18.3. The molecule has 0 bridgehead atoms. The van der Waals surface area contributed by atoms with E-state index in [0.717, 1.165) is 0 Å². The van der Waals surface area contributed by atoms with E-state index in [4.69, 9.17) is 0 Å². The van der Waals surface area contributed by atoms with E-state index >= 15 is 0 Å². The highest BCUT2D eigenvalue weighted by Crippen LogP contribution is 2.20. The molecule has 0 fully saturated rings. The monoisotopic (exact) mass is 274 g/mol. The summed E-state index contributed by atoms with van der Waals surface area (Å²) in [6, 6.07) is 8.57. The highest BCUT2D eigenvalue weighted by Gasteiger charge is 2.00. The molecule has 0 heterocycles. The Balaban J connectivity index is 0.00000172. The first-order chi connectivity index (χ1) is 9.40. The van der Waals surface area contributed by atoms with Gasteiger partial charge in [-0.05, 0) is 52.0 Å². The second-order valence-electron chi connectivity index (χ2n) is 5.15. The SMILES string of the molecule is CC.CC(C)=CN(C)c1ccc(N(C)C=C(C)C)cc1. The van der Waals surface area contributed by atoms with E-state index in [1.165, 1.54) is 22.5 Å². The van der Waals surface area contributed by atoms with Crippen molar-refractivity contribution < 1.29 is 0 Å². The molecule has 2 heteroatoms. The number of hydrogen-bond donors (Lipinski definition) is 0. The molecule has 0 aliphatic heterocycles. The zero-order chi connectivity index (χ0) is 15.7. The van der Waals surface area contributed by atoms with E-state index in [1.807, 2.05) is 13.8 Å². The van der Waals surface area contributed by atoms with Crippen LogP contribution in [-0.4, -0.2) is 14.1 Å². The van der Waals surface area contributed by atoms with E-state index in [1.54, 1.807) is 0 Å². The summed E-state index contributed by atoms with van der Waals surface area (Å²) in [5, 5.41) is 0. The first-order valence-electron chi connectivity index (χ1n) is 7.26. The molecular formula is C18H30N2. The standard InChI is InChI=1S/C16H24N2.C2H6/c1-13(2)11-17(5)15-7-9-16(10-8-15)18(6)12-14(3)4;1-2/h7-12H,1-6H3;1-2H3. The van der Waals surface area contributed by atoms with Crippen molar-refractivity contribution >= 4 is 11.4 Å². The third-order valence-electron chi connectivity index (χ3n) is 2.57. The van der Waals surface area contributed by atoms with Crippen LogP contribution >= 0.6 is 0 Å². The van der Waals surface area contributed by atoms with Crippen molar-refractivity contribution in [2.45, 2.75) is 41.5 Å². The highest BCUT2D eigenvalue weighted by molar-refractivity contribution is 5.58. The van der Waals surface area contributed by atoms with Gasteiger partial charge in [-0.25, -0.2) is 0 Å². The second kappa shape index (κ2) is 9.24. The van der Waals surface area contributed by atoms with Crippen LogP contribution in [-0.2, 0) is 0 Å². The van der Waals surface area contributed by atoms with E-state index in [0.29, 0.717) is 0 Å². The summed E-state index contributed by atoms with van der Waals surface area (Å²) < 4.78 is 0. The van der Waals surface area contributed by atoms with Gasteiger partial charge >= 0.3 is 0 Å². The molecule has 0 aliphatic carbocycles. The zero-order valence-corrected chi connectivity index (χ0v) is 14.4. The highest BCUT2D eigenvalue weighted by atomic mass is 15.1. The molecule has 20 heavy (non-hydrogen) atoms. The molecule has 0 amide bonds. The number of benzene rings is 1. The summed E-state index contributed by atoms with van der Waals surface area (Å²) in [6.07, 6.45) is 4.27. The Morgan fingerprint density at radius 2 is 0.950 bits per heavy atom. The van der Waals surface area contributed by atoms with Crippen molar-refractivity contribution in [3.63, 3.8) is 0 Å². The van der Waals surface area contributed by atoms with Gasteiger partial charge in [-0.3, -0.25) is 0 Å². The first-order valence-corrected chi connectivity index (χ1v) is 7.26. The summed E-state index contributed by atoms with van der Waals surface area (Å²) in [6.45, 7) is 12.4. The van der Waals surface area contributed by atoms with E-state index < -0.39 is 0 Å². The second-order valence-corrected chi connectivity index (χ2v) is 5.15. The maximum absolute atomic E-state index is 2.14. The molecule has 0 aromatic heterocycles. The van der Waals surface area contributed by atoms with Gasteiger partial charge in [0.05, 0.1) is 0 Å². The topological polar surface area (TPSA) is 6.48 Å². The predicted octanol–water partition coefficient (Wildman–Crippen LogP) is 5.43. The molecule has 2 nitrogen and oxygen atoms in total. The Hall–Kier alpha value is -1.70. The maximum atomic E-state index is 2.14. The van der Waals surface area contributed by atoms with Crippen LogP contribution in [0, 0.1) is 0 Å². The van der Waals surface area contributed by atoms with Gasteiger partial charge in [0, 0.05) is 37.9 Å². The molecule has 0 saturated carbocycles. The number of anilines is 2. The third-order valence-corrected chi connectivity index (χ3v) is 2.57. The minimum Gasteiger partial charge on any atom is -0.351 e. The summed E-state index contributed by atoms with van der Waals surface area (Å²) in [5.74, 6) is 0. The van der Waals surface area contributed by atoms with Gasteiger partial charge < -0.3 is 9.80 Å². The van der Waals surface area contributed by atoms with Crippen LogP contribution < -0.4 is 9.80 Å². The molecule has 0 spiro atoms. The third kappa shape index (κ3) is 6.46. The predicted molar refractivity (Wildman–Crippen MR) is 93.5 cm³/mol. The van der Waals surface area contributed by atoms with Gasteiger partial charge in [-0.15, -0.1) is 0 Å². The number of nitrogens with zero attached hydrogens (tertiary/aromatic N) is 2. The van der Waals surface area contributed by atoms with Crippen LogP contribution in [0.1, 0.15) is 41.5 Å². The van der Waals surface area contributed by atoms with Gasteiger partial charge in [-0.2, -0.15) is 0 Å². The lowest BCUT2D eigenvalue weighted by Crippen LogP contribution is -2.10. The molecule has 0 unspecified atom stereocenters. The van der Waals surface area contributed by atoms with Crippen molar-refractivity contribution in [1.82, 2.24) is 0 Å². The fourth-order valence-corrected chi connectivity index (χ4v) is 1.85. The lowest BCUT2D eigenvalue weighted by molar-refractivity contribution is 1.14. The van der Waals surface area contributed by atoms with Crippen LogP contribution in [0.2, 0.25) is 0 Å². The zero-order valence-electron chi connectivity index (χ0n) is 14.4. The molecule has 0 saturated heterocycles. The van der Waals surface area contributed by atoms with Gasteiger partial charge in [-0.1, -0.05) is 25.0 Å². The van der Waals surface area contributed by atoms with Gasteiger partial charge in [0.1, 0.15) is 0 Å². The van der Waals surface area contributed by atoms with Crippen LogP contribution in [0.25, 0.3) is 0 Å². The summed E-state index contributed by atoms with van der Waals surface area (Å²) in [7, 11) is 4.14. The van der Waals surface area contributed by atoms with Crippen LogP contribution in [0.4, 0.5) is 11.4 Å². The van der Waals surface area contributed by atoms with Gasteiger partial charge in [0.15, 0.2) is 0 Å². The van der Waals surface area contributed by atoms with E-state index in [9.17, 15) is 0 Å². The summed E-state index contributed by atoms with van der Waals surface area (Å²) >= 11 is 0. The fourth-order valence-electron chi connectivity index (χ4n) is 1.85. The molecule has 112 valence electrons. The molecule has 0 aliphatic rings. The number of rotatable bonds is 4. The normalized spacial score (nSPS) is 9.00. The largest absolute Gasteiger partial charge is 0.351 e. The Morgan fingerprint density at radius 3 is 1.15 bits per heavy atom. The molecule has 1 rings (SSSR count). The summed E-state index contributed by atoms with van der Waals surface area (Å²) in [5.41, 5.74) is 4.99.